The van der Waals surface area contributed by atoms with Crippen molar-refractivity contribution in [2.75, 3.05) is 20.6 Å². The van der Waals surface area contributed by atoms with Gasteiger partial charge in [0.15, 0.2) is 0 Å². The van der Waals surface area contributed by atoms with Crippen LogP contribution in [0, 0.1) is 0 Å². The highest BCUT2D eigenvalue weighted by atomic mass is 16.6. The molecule has 8 nitrogen and oxygen atoms in total. The highest BCUT2D eigenvalue weighted by molar-refractivity contribution is 5.70. The van der Waals surface area contributed by atoms with Crippen molar-refractivity contribution in [3.8, 4) is 11.3 Å². The molecule has 2 amide bonds. The smallest absolute Gasteiger partial charge is 0.411 e. The largest absolute Gasteiger partial charge is 0.465 e. The number of ether oxygens (including phenoxy) is 1. The number of carbonyl (C=O) groups is 2. The van der Waals surface area contributed by atoms with Gasteiger partial charge in [0, 0.05) is 50.7 Å². The van der Waals surface area contributed by atoms with Crippen LogP contribution in [0.2, 0.25) is 0 Å². The van der Waals surface area contributed by atoms with Crippen LogP contribution in [0.5, 0.6) is 0 Å². The first kappa shape index (κ1) is 30.1. The SMILES string of the molecule is CN(C)C(=O)O.C[C@@H](c1ccc(-c2cccc(C3CC3)n2)cc1)N1CC[C@](CC(C)(C)O)(c2ccccc2)OC1=O. The van der Waals surface area contributed by atoms with Gasteiger partial charge in [0.1, 0.15) is 5.60 Å². The number of nitrogens with zero attached hydrogens (tertiary/aromatic N) is 3. The van der Waals surface area contributed by atoms with E-state index in [0.29, 0.717) is 25.3 Å². The van der Waals surface area contributed by atoms with Gasteiger partial charge in [0.25, 0.3) is 0 Å². The van der Waals surface area contributed by atoms with Crippen molar-refractivity contribution in [2.24, 2.45) is 0 Å². The zero-order chi connectivity index (χ0) is 29.8. The van der Waals surface area contributed by atoms with Crippen molar-refractivity contribution >= 4 is 12.2 Å². The molecule has 218 valence electrons. The van der Waals surface area contributed by atoms with Crippen LogP contribution < -0.4 is 0 Å². The van der Waals surface area contributed by atoms with Crippen molar-refractivity contribution in [1.82, 2.24) is 14.8 Å². The number of amides is 2. The maximum Gasteiger partial charge on any atom is 0.411 e. The summed E-state index contributed by atoms with van der Waals surface area (Å²) in [5.41, 5.74) is 3.43. The monoisotopic (exact) mass is 559 g/mol. The van der Waals surface area contributed by atoms with Gasteiger partial charge in [-0.3, -0.25) is 4.98 Å². The molecule has 0 bridgehead atoms. The highest BCUT2D eigenvalue weighted by Crippen LogP contribution is 2.42. The van der Waals surface area contributed by atoms with Crippen molar-refractivity contribution in [2.45, 2.75) is 69.6 Å². The normalized spacial score (nSPS) is 19.5. The first-order valence-corrected chi connectivity index (χ1v) is 14.1. The van der Waals surface area contributed by atoms with Gasteiger partial charge in [0.05, 0.1) is 17.3 Å². The zero-order valence-corrected chi connectivity index (χ0v) is 24.6. The van der Waals surface area contributed by atoms with Crippen LogP contribution in [0.15, 0.2) is 72.8 Å². The van der Waals surface area contributed by atoms with Crippen molar-refractivity contribution in [3.63, 3.8) is 0 Å². The van der Waals surface area contributed by atoms with Gasteiger partial charge >= 0.3 is 12.2 Å². The van der Waals surface area contributed by atoms with E-state index in [1.807, 2.05) is 37.3 Å². The summed E-state index contributed by atoms with van der Waals surface area (Å²) in [5.74, 6) is 0.624. The second kappa shape index (κ2) is 12.3. The summed E-state index contributed by atoms with van der Waals surface area (Å²) in [4.78, 5) is 30.6. The molecule has 2 fully saturated rings. The molecule has 8 heteroatoms. The molecule has 2 N–H and O–H groups in total. The summed E-state index contributed by atoms with van der Waals surface area (Å²) in [5, 5.41) is 18.5. The number of aromatic nitrogens is 1. The van der Waals surface area contributed by atoms with Crippen LogP contribution in [-0.4, -0.2) is 63.4 Å². The van der Waals surface area contributed by atoms with E-state index in [1.165, 1.54) is 32.6 Å². The summed E-state index contributed by atoms with van der Waals surface area (Å²) in [6, 6.07) is 24.2. The quantitative estimate of drug-likeness (QED) is 0.330. The maximum absolute atomic E-state index is 13.3. The predicted octanol–water partition coefficient (Wildman–Crippen LogP) is 6.81. The second-order valence-corrected chi connectivity index (χ2v) is 11.9. The lowest BCUT2D eigenvalue weighted by molar-refractivity contribution is -0.101. The summed E-state index contributed by atoms with van der Waals surface area (Å²) >= 11 is 0. The molecule has 1 saturated carbocycles. The summed E-state index contributed by atoms with van der Waals surface area (Å²) < 4.78 is 6.14. The number of hydrogen-bond donors (Lipinski definition) is 2. The third kappa shape index (κ3) is 7.64. The third-order valence-corrected chi connectivity index (χ3v) is 7.60. The second-order valence-electron chi connectivity index (χ2n) is 11.9. The molecule has 5 rings (SSSR count). The van der Waals surface area contributed by atoms with Gasteiger partial charge in [0.2, 0.25) is 0 Å². The van der Waals surface area contributed by atoms with E-state index in [0.717, 1.165) is 27.3 Å². The Hall–Kier alpha value is -3.91. The van der Waals surface area contributed by atoms with Gasteiger partial charge in [-0.25, -0.2) is 9.59 Å². The van der Waals surface area contributed by atoms with Crippen LogP contribution >= 0.6 is 0 Å². The number of hydrogen-bond acceptors (Lipinski definition) is 5. The molecular weight excluding hydrogens is 518 g/mol. The molecule has 2 heterocycles. The van der Waals surface area contributed by atoms with Crippen LogP contribution in [0.25, 0.3) is 11.3 Å². The lowest BCUT2D eigenvalue weighted by atomic mass is 9.80. The lowest BCUT2D eigenvalue weighted by Gasteiger charge is -2.45. The van der Waals surface area contributed by atoms with Gasteiger partial charge in [-0.2, -0.15) is 0 Å². The van der Waals surface area contributed by atoms with Crippen molar-refractivity contribution in [1.29, 1.82) is 0 Å². The number of cyclic esters (lactones) is 1. The molecule has 3 aromatic rings. The fourth-order valence-corrected chi connectivity index (χ4v) is 5.22. The van der Waals surface area contributed by atoms with Gasteiger partial charge in [-0.1, -0.05) is 60.7 Å². The fourth-order valence-electron chi connectivity index (χ4n) is 5.22. The Bertz CT molecular complexity index is 1330. The highest BCUT2D eigenvalue weighted by Gasteiger charge is 2.46. The van der Waals surface area contributed by atoms with Crippen LogP contribution in [0.3, 0.4) is 0 Å². The minimum absolute atomic E-state index is 0.127. The number of carbonyl (C=O) groups excluding carboxylic acids is 1. The average molecular weight is 560 g/mol. The number of pyridine rings is 1. The number of benzene rings is 2. The molecule has 0 radical (unpaired) electrons. The lowest BCUT2D eigenvalue weighted by Crippen LogP contribution is -2.51. The molecule has 1 aliphatic heterocycles. The Morgan fingerprint density at radius 1 is 1.07 bits per heavy atom. The van der Waals surface area contributed by atoms with Crippen molar-refractivity contribution in [3.05, 3.63) is 89.6 Å². The van der Waals surface area contributed by atoms with Crippen LogP contribution in [-0.2, 0) is 10.3 Å². The summed E-state index contributed by atoms with van der Waals surface area (Å²) in [6.07, 6.45) is 2.18. The van der Waals surface area contributed by atoms with E-state index >= 15 is 0 Å². The minimum atomic E-state index is -0.968. The van der Waals surface area contributed by atoms with Gasteiger partial charge < -0.3 is 24.7 Å². The Kier molecular flexibility index (Phi) is 9.02. The molecule has 0 unspecified atom stereocenters. The molecule has 41 heavy (non-hydrogen) atoms. The summed E-state index contributed by atoms with van der Waals surface area (Å²) in [7, 11) is 2.95. The summed E-state index contributed by atoms with van der Waals surface area (Å²) in [6.45, 7) is 6.11. The Balaban J connectivity index is 0.000000585. The van der Waals surface area contributed by atoms with Gasteiger partial charge in [-0.15, -0.1) is 0 Å². The van der Waals surface area contributed by atoms with E-state index in [9.17, 15) is 14.7 Å². The third-order valence-electron chi connectivity index (χ3n) is 7.60. The van der Waals surface area contributed by atoms with Gasteiger partial charge in [-0.05, 0) is 56.9 Å². The number of rotatable bonds is 7. The molecular formula is C33H41N3O5. The Morgan fingerprint density at radius 3 is 2.24 bits per heavy atom. The molecule has 1 saturated heterocycles. The van der Waals surface area contributed by atoms with Crippen LogP contribution in [0.4, 0.5) is 9.59 Å². The maximum atomic E-state index is 13.3. The average Bonchev–Trinajstić information content (AvgIpc) is 3.79. The van der Waals surface area contributed by atoms with E-state index in [2.05, 4.69) is 42.5 Å². The standard InChI is InChI=1S/C30H34N2O3.C3H7NO2/c1-21(22-12-14-23(15-13-22)26-10-7-11-27(31-26)24-16-17-24)32-19-18-30(35-28(32)33,20-29(2,3)34)25-8-5-4-6-9-25;1-4(2)3(5)6/h4-15,21,24,34H,16-20H2,1-3H3;1-2H3,(H,5,6)/t21-,30-;/m0./s1. The fraction of sp³-hybridized carbons (Fsp3) is 0.424. The number of aliphatic hydroxyl groups is 1. The van der Waals surface area contributed by atoms with E-state index in [4.69, 9.17) is 14.8 Å². The minimum Gasteiger partial charge on any atom is -0.465 e. The molecule has 2 atom stereocenters. The van der Waals surface area contributed by atoms with E-state index < -0.39 is 17.3 Å². The Morgan fingerprint density at radius 2 is 1.71 bits per heavy atom. The Labute approximate surface area is 242 Å². The molecule has 0 spiro atoms. The van der Waals surface area contributed by atoms with Crippen LogP contribution in [0.1, 0.15) is 75.2 Å². The predicted molar refractivity (Wildman–Crippen MR) is 159 cm³/mol. The topological polar surface area (TPSA) is 103 Å². The molecule has 2 aromatic carbocycles. The first-order valence-electron chi connectivity index (χ1n) is 14.1. The number of carboxylic acid groups (broad SMARTS) is 1. The van der Waals surface area contributed by atoms with E-state index in [-0.39, 0.29) is 12.1 Å². The first-order chi connectivity index (χ1) is 19.4. The molecule has 1 aliphatic carbocycles. The molecule has 1 aromatic heterocycles. The van der Waals surface area contributed by atoms with E-state index in [1.54, 1.807) is 18.7 Å². The zero-order valence-electron chi connectivity index (χ0n) is 24.6. The molecule has 2 aliphatic rings. The van der Waals surface area contributed by atoms with Crippen molar-refractivity contribution < 1.29 is 24.5 Å².